The van der Waals surface area contributed by atoms with Crippen LogP contribution in [0.4, 0.5) is 5.82 Å². The second-order valence-corrected chi connectivity index (χ2v) is 22.0. The lowest BCUT2D eigenvalue weighted by molar-refractivity contribution is -0.196. The molecule has 422 valence electrons. The van der Waals surface area contributed by atoms with Crippen LogP contribution in [0.5, 0.6) is 0 Å². The number of unbranched alkanes of at least 4 members (excludes halogenated alkanes) is 10. The summed E-state index contributed by atoms with van der Waals surface area (Å²) in [4.78, 5) is 77.9. The number of Topliss-reactive ketones (excluding diaryl/α,β-unsaturated/α-hetero) is 1. The normalized spacial score (nSPS) is 30.3. The molecule has 1 aromatic heterocycles. The number of cyclic esters (lactones) is 1. The summed E-state index contributed by atoms with van der Waals surface area (Å²) in [5.74, 6) is -5.21. The van der Waals surface area contributed by atoms with Gasteiger partial charge in [-0.3, -0.25) is 28.0 Å². The first kappa shape index (κ1) is 64.8. The molecular formula is C50H83N3O19P2. The molecule has 9 N–H and O–H groups in total. The van der Waals surface area contributed by atoms with Gasteiger partial charge in [0.15, 0.2) is 6.10 Å². The number of rotatable bonds is 22. The minimum absolute atomic E-state index is 0.0427. The monoisotopic (exact) mass is 1090 g/mol. The number of carbonyl (C=O) groups is 3. The Hall–Kier alpha value is -3.47. The van der Waals surface area contributed by atoms with Gasteiger partial charge in [0.05, 0.1) is 37.6 Å². The van der Waals surface area contributed by atoms with E-state index in [0.29, 0.717) is 25.7 Å². The van der Waals surface area contributed by atoms with E-state index in [1.807, 2.05) is 6.92 Å². The molecule has 2 aliphatic rings. The van der Waals surface area contributed by atoms with Crippen molar-refractivity contribution in [1.29, 1.82) is 0 Å². The Bertz CT molecular complexity index is 2070. The van der Waals surface area contributed by atoms with Gasteiger partial charge < -0.3 is 55.3 Å². The Morgan fingerprint density at radius 2 is 1.47 bits per heavy atom. The molecule has 2 saturated heterocycles. The number of aliphatic hydroxyl groups excluding tert-OH is 5. The number of fused-ring (bicyclic) bond motifs is 3. The summed E-state index contributed by atoms with van der Waals surface area (Å²) in [5.41, 5.74) is 4.67. The second-order valence-electron chi connectivity index (χ2n) is 19.0. The van der Waals surface area contributed by atoms with Crippen molar-refractivity contribution < 1.29 is 86.4 Å². The number of nitrogens with zero attached hydrogens (tertiary/aromatic N) is 2. The topological polar surface area (TPSA) is 343 Å². The molecule has 22 nitrogen and oxygen atoms in total. The number of allylic oxidation sites excluding steroid dienone is 4. The van der Waals surface area contributed by atoms with Gasteiger partial charge in [-0.1, -0.05) is 102 Å². The largest absolute Gasteiger partial charge is 0.481 e. The number of anilines is 1. The van der Waals surface area contributed by atoms with Gasteiger partial charge in [-0.25, -0.2) is 13.9 Å². The molecule has 2 fully saturated rings. The highest BCUT2D eigenvalue weighted by atomic mass is 31.3. The van der Waals surface area contributed by atoms with Gasteiger partial charge in [0.25, 0.3) is 0 Å². The van der Waals surface area contributed by atoms with Gasteiger partial charge in [-0.2, -0.15) is 9.29 Å². The molecule has 24 heteroatoms. The van der Waals surface area contributed by atoms with E-state index in [2.05, 4.69) is 40.5 Å². The maximum absolute atomic E-state index is 13.7. The van der Waals surface area contributed by atoms with E-state index in [1.54, 1.807) is 0 Å². The predicted molar refractivity (Wildman–Crippen MR) is 273 cm³/mol. The summed E-state index contributed by atoms with van der Waals surface area (Å²) in [5, 5.41) is 57.5. The van der Waals surface area contributed by atoms with Gasteiger partial charge in [-0.05, 0) is 63.9 Å². The molecule has 0 aromatic carbocycles. The fourth-order valence-electron chi connectivity index (χ4n) is 8.45. The molecular weight excluding hydrogens is 1010 g/mol. The number of hydrogen-bond acceptors (Lipinski definition) is 19. The van der Waals surface area contributed by atoms with Crippen LogP contribution in [0.25, 0.3) is 0 Å². The first-order valence-electron chi connectivity index (χ1n) is 26.2. The summed E-state index contributed by atoms with van der Waals surface area (Å²) in [6, 6.07) is 1.18. The molecule has 0 radical (unpaired) electrons. The predicted octanol–water partition coefficient (Wildman–Crippen LogP) is 6.34. The molecule has 3 rings (SSSR count). The molecule has 0 amide bonds. The van der Waals surface area contributed by atoms with Crippen LogP contribution in [0.15, 0.2) is 53.5 Å². The molecule has 0 aliphatic carbocycles. The van der Waals surface area contributed by atoms with E-state index in [0.717, 1.165) is 62.1 Å². The number of carbonyl (C=O) groups excluding carboxylic acids is 3. The van der Waals surface area contributed by atoms with Gasteiger partial charge in [0.1, 0.15) is 36.6 Å². The van der Waals surface area contributed by atoms with E-state index in [4.69, 9.17) is 29.0 Å². The average molecular weight is 1090 g/mol. The molecule has 74 heavy (non-hydrogen) atoms. The lowest BCUT2D eigenvalue weighted by Gasteiger charge is -2.40. The third-order valence-electron chi connectivity index (χ3n) is 12.7. The van der Waals surface area contributed by atoms with Crippen molar-refractivity contribution in [2.24, 2.45) is 11.8 Å². The highest BCUT2D eigenvalue weighted by molar-refractivity contribution is 7.61. The highest BCUT2D eigenvalue weighted by Crippen LogP contribution is 2.60. The van der Waals surface area contributed by atoms with Crippen LogP contribution in [0, 0.1) is 11.8 Å². The first-order valence-corrected chi connectivity index (χ1v) is 29.2. The second kappa shape index (κ2) is 35.0. The number of aromatic nitrogens is 2. The van der Waals surface area contributed by atoms with Crippen molar-refractivity contribution in [3.05, 3.63) is 59.2 Å². The van der Waals surface area contributed by atoms with Crippen molar-refractivity contribution in [1.82, 2.24) is 9.55 Å². The van der Waals surface area contributed by atoms with Crippen molar-refractivity contribution >= 4 is 39.2 Å². The van der Waals surface area contributed by atoms with Gasteiger partial charge in [0, 0.05) is 50.1 Å². The maximum atomic E-state index is 13.7. The third kappa shape index (κ3) is 25.6. The Labute approximate surface area is 434 Å². The fourth-order valence-corrected chi connectivity index (χ4v) is 10.6. The molecule has 1 aromatic rings. The number of phosphoric ester groups is 2. The average Bonchev–Trinajstić information content (AvgIpc) is 3.33. The number of esters is 2. The van der Waals surface area contributed by atoms with E-state index in [9.17, 15) is 63.6 Å². The number of aliphatic hydroxyl groups is 5. The number of hydrogen-bond donors (Lipinski definition) is 8. The van der Waals surface area contributed by atoms with E-state index in [-0.39, 0.29) is 37.9 Å². The summed E-state index contributed by atoms with van der Waals surface area (Å²) in [6.07, 6.45) is 10.1. The standard InChI is InChI=1S/C50H83N3O19P2/c1-3-5-7-8-9-10-11-12-13-14-15-16-17-18-20-26-46(59)70-38-33-67-45(58)25-22-21-24-37(55)31-40-42(57)32-41(56)39(28-27-36(54)23-19-6-4-2)47(60)48(61)43(35-69-74(65,66)72-73(63,64)68-34-38)71-49(40)53-30-29-44(51)52-50(53)62/h9-10,12-13,27-30,36,38-43,47-49,54,56-57,60-61H,3-8,11,14-26,31-35H2,1-2H3,(H,63,64)(H,65,66)(H2,51,52,62)/b10-9-,13-12-,28-27+/t36-,38+,39-,40-,41+,42-,43+,47-,48+,49+/m0/s1. The summed E-state index contributed by atoms with van der Waals surface area (Å²) in [6.45, 7) is 1.26. The summed E-state index contributed by atoms with van der Waals surface area (Å²) < 4.78 is 58.8. The van der Waals surface area contributed by atoms with Gasteiger partial charge in [0.2, 0.25) is 0 Å². The molecule has 3 heterocycles. The van der Waals surface area contributed by atoms with Crippen LogP contribution in [0.2, 0.25) is 0 Å². The SMILES string of the molecule is CCCCC/C=C\C/C=C\CCCCCCCC(=O)O[C@@H]1COC(=O)CCCCC(=O)C[C@@H]2[C@H](n3ccc(N)nc3=O)O[C@H](COP(=O)(O)OP(=O)(O)OC1)[C@@H](O)[C@@H](O)[C@@H](/C=C/[C@@H](O)CCCCC)[C@H](O)C[C@@H]2O. The Balaban J connectivity index is 1.83. The van der Waals surface area contributed by atoms with E-state index < -0.39 is 133 Å². The molecule has 12 atom stereocenters. The minimum atomic E-state index is -5.76. The van der Waals surface area contributed by atoms with Gasteiger partial charge >= 0.3 is 33.3 Å². The molecule has 2 bridgehead atoms. The minimum Gasteiger partial charge on any atom is -0.462 e. The molecule has 0 saturated carbocycles. The lowest BCUT2D eigenvalue weighted by Crippen LogP contribution is -2.52. The zero-order valence-electron chi connectivity index (χ0n) is 43.0. The quantitative estimate of drug-likeness (QED) is 0.0272. The van der Waals surface area contributed by atoms with Crippen LogP contribution in [0.3, 0.4) is 0 Å². The number of phosphoric acid groups is 2. The van der Waals surface area contributed by atoms with Crippen molar-refractivity contribution in [2.45, 2.75) is 204 Å². The lowest BCUT2D eigenvalue weighted by atomic mass is 9.82. The van der Waals surface area contributed by atoms with Crippen LogP contribution < -0.4 is 11.4 Å². The van der Waals surface area contributed by atoms with Crippen molar-refractivity contribution in [3.8, 4) is 0 Å². The third-order valence-corrected chi connectivity index (χ3v) is 15.3. The van der Waals surface area contributed by atoms with E-state index >= 15 is 0 Å². The Morgan fingerprint density at radius 3 is 2.16 bits per heavy atom. The molecule has 0 spiro atoms. The smallest absolute Gasteiger partial charge is 0.462 e. The molecule has 2 aliphatic heterocycles. The summed E-state index contributed by atoms with van der Waals surface area (Å²) in [7, 11) is -11.4. The van der Waals surface area contributed by atoms with E-state index in [1.165, 1.54) is 37.5 Å². The number of nitrogen functional groups attached to an aromatic ring is 1. The zero-order valence-corrected chi connectivity index (χ0v) is 44.8. The summed E-state index contributed by atoms with van der Waals surface area (Å²) >= 11 is 0. The van der Waals surface area contributed by atoms with Crippen LogP contribution in [-0.2, 0) is 51.1 Å². The molecule has 2 unspecified atom stereocenters. The first-order chi connectivity index (χ1) is 35.3. The fraction of sp³-hybridized carbons (Fsp3) is 0.740. The zero-order chi connectivity index (χ0) is 54.5. The van der Waals surface area contributed by atoms with Crippen LogP contribution in [0.1, 0.15) is 161 Å². The van der Waals surface area contributed by atoms with Crippen LogP contribution in [-0.4, -0.2) is 125 Å². The highest BCUT2D eigenvalue weighted by Gasteiger charge is 2.45. The van der Waals surface area contributed by atoms with Crippen LogP contribution >= 0.6 is 15.6 Å². The van der Waals surface area contributed by atoms with Gasteiger partial charge in [-0.15, -0.1) is 0 Å². The van der Waals surface area contributed by atoms with Crippen molar-refractivity contribution in [3.63, 3.8) is 0 Å². The Kier molecular flexibility index (Phi) is 30.7. The maximum Gasteiger partial charge on any atom is 0.481 e. The number of nitrogens with two attached hydrogens (primary N) is 1. The number of ether oxygens (including phenoxy) is 3. The number of ketones is 1. The Morgan fingerprint density at radius 1 is 0.838 bits per heavy atom. The van der Waals surface area contributed by atoms with Crippen molar-refractivity contribution in [2.75, 3.05) is 25.6 Å².